The highest BCUT2D eigenvalue weighted by molar-refractivity contribution is 5.80. The van der Waals surface area contributed by atoms with E-state index in [1.54, 1.807) is 12.1 Å². The molecule has 0 radical (unpaired) electrons. The van der Waals surface area contributed by atoms with E-state index >= 15 is 0 Å². The number of carbonyl (C=O) groups is 1. The maximum absolute atomic E-state index is 10.7. The lowest BCUT2D eigenvalue weighted by molar-refractivity contribution is -0.144. The van der Waals surface area contributed by atoms with Gasteiger partial charge in [0.25, 0.3) is 0 Å². The molecule has 17 heavy (non-hydrogen) atoms. The van der Waals surface area contributed by atoms with Crippen molar-refractivity contribution in [1.82, 2.24) is 4.98 Å². The van der Waals surface area contributed by atoms with Gasteiger partial charge in [-0.25, -0.2) is 4.79 Å². The number of nitrogens with zero attached hydrogens (tertiary/aromatic N) is 1. The van der Waals surface area contributed by atoms with Crippen LogP contribution in [-0.4, -0.2) is 22.2 Å². The summed E-state index contributed by atoms with van der Waals surface area (Å²) >= 11 is 0. The number of pyridine rings is 1. The fourth-order valence-electron chi connectivity index (χ4n) is 1.53. The molecule has 4 heteroatoms. The van der Waals surface area contributed by atoms with E-state index in [0.29, 0.717) is 5.75 Å². The molecule has 1 aromatic heterocycles. The van der Waals surface area contributed by atoms with Crippen LogP contribution >= 0.6 is 0 Å². The van der Waals surface area contributed by atoms with Gasteiger partial charge in [0.15, 0.2) is 6.10 Å². The molecular weight excluding hydrogens is 218 g/mol. The number of fused-ring (bicyclic) bond motifs is 1. The second kappa shape index (κ2) is 4.41. The monoisotopic (exact) mass is 231 g/mol. The summed E-state index contributed by atoms with van der Waals surface area (Å²) in [6.07, 6.45) is -0.856. The highest BCUT2D eigenvalue weighted by Gasteiger charge is 2.12. The van der Waals surface area contributed by atoms with Crippen LogP contribution < -0.4 is 4.74 Å². The number of hydrogen-bond donors (Lipinski definition) is 1. The molecule has 1 heterocycles. The maximum atomic E-state index is 10.7. The van der Waals surface area contributed by atoms with Gasteiger partial charge in [-0.1, -0.05) is 6.07 Å². The fraction of sp³-hybridized carbons (Fsp3) is 0.231. The van der Waals surface area contributed by atoms with E-state index in [-0.39, 0.29) is 0 Å². The normalized spacial score (nSPS) is 12.4. The number of hydrogen-bond acceptors (Lipinski definition) is 3. The summed E-state index contributed by atoms with van der Waals surface area (Å²) in [5.74, 6) is -0.440. The molecule has 2 aromatic rings. The molecule has 0 amide bonds. The molecule has 88 valence electrons. The number of aryl methyl sites for hydroxylation is 1. The third-order valence-electron chi connectivity index (χ3n) is 2.46. The van der Waals surface area contributed by atoms with Gasteiger partial charge >= 0.3 is 5.97 Å². The first kappa shape index (κ1) is 11.4. The van der Waals surface area contributed by atoms with E-state index in [9.17, 15) is 4.79 Å². The number of rotatable bonds is 3. The summed E-state index contributed by atoms with van der Waals surface area (Å²) in [7, 11) is 0. The quantitative estimate of drug-likeness (QED) is 0.881. The molecule has 0 fully saturated rings. The zero-order valence-electron chi connectivity index (χ0n) is 9.68. The van der Waals surface area contributed by atoms with Crippen molar-refractivity contribution in [3.8, 4) is 5.75 Å². The molecule has 1 atom stereocenters. The van der Waals surface area contributed by atoms with E-state index in [2.05, 4.69) is 4.98 Å². The summed E-state index contributed by atoms with van der Waals surface area (Å²) in [5, 5.41) is 9.69. The van der Waals surface area contributed by atoms with Crippen LogP contribution in [0.15, 0.2) is 30.3 Å². The zero-order valence-corrected chi connectivity index (χ0v) is 9.68. The molecule has 0 spiro atoms. The van der Waals surface area contributed by atoms with Gasteiger partial charge < -0.3 is 9.84 Å². The number of aliphatic carboxylic acids is 1. The van der Waals surface area contributed by atoms with Crippen LogP contribution in [0.5, 0.6) is 5.75 Å². The van der Waals surface area contributed by atoms with Crippen molar-refractivity contribution in [2.24, 2.45) is 0 Å². The molecule has 0 aliphatic carbocycles. The lowest BCUT2D eigenvalue weighted by Gasteiger charge is -2.10. The van der Waals surface area contributed by atoms with Crippen LogP contribution in [0.4, 0.5) is 0 Å². The van der Waals surface area contributed by atoms with Crippen molar-refractivity contribution in [2.45, 2.75) is 20.0 Å². The van der Waals surface area contributed by atoms with Crippen LogP contribution in [0.3, 0.4) is 0 Å². The molecular formula is C13H13NO3. The number of carboxylic acids is 1. The van der Waals surface area contributed by atoms with Crippen LogP contribution in [-0.2, 0) is 4.79 Å². The summed E-state index contributed by atoms with van der Waals surface area (Å²) in [5.41, 5.74) is 1.82. The van der Waals surface area contributed by atoms with Crippen molar-refractivity contribution < 1.29 is 14.6 Å². The third kappa shape index (κ3) is 2.53. The Morgan fingerprint density at radius 3 is 2.82 bits per heavy atom. The minimum Gasteiger partial charge on any atom is -0.479 e. The van der Waals surface area contributed by atoms with E-state index in [4.69, 9.17) is 9.84 Å². The number of ether oxygens (including phenoxy) is 1. The van der Waals surface area contributed by atoms with Crippen LogP contribution in [0.2, 0.25) is 0 Å². The predicted octanol–water partition coefficient (Wildman–Crippen LogP) is 2.40. The predicted molar refractivity (Wildman–Crippen MR) is 64.2 cm³/mol. The summed E-state index contributed by atoms with van der Waals surface area (Å²) < 4.78 is 5.29. The Kier molecular flexibility index (Phi) is 2.95. The Hall–Kier alpha value is -2.10. The van der Waals surface area contributed by atoms with E-state index < -0.39 is 12.1 Å². The van der Waals surface area contributed by atoms with Crippen molar-refractivity contribution in [3.05, 3.63) is 36.0 Å². The van der Waals surface area contributed by atoms with E-state index in [1.807, 2.05) is 25.1 Å². The highest BCUT2D eigenvalue weighted by Crippen LogP contribution is 2.20. The SMILES string of the molecule is Cc1ccc2cc(OC(C)C(=O)O)ccc2n1. The lowest BCUT2D eigenvalue weighted by atomic mass is 10.2. The van der Waals surface area contributed by atoms with Gasteiger partial charge in [0, 0.05) is 11.1 Å². The zero-order chi connectivity index (χ0) is 12.4. The molecule has 0 aliphatic rings. The van der Waals surface area contributed by atoms with Crippen molar-refractivity contribution >= 4 is 16.9 Å². The fourth-order valence-corrected chi connectivity index (χ4v) is 1.53. The average Bonchev–Trinajstić information content (AvgIpc) is 2.29. The molecule has 4 nitrogen and oxygen atoms in total. The van der Waals surface area contributed by atoms with Crippen molar-refractivity contribution in [1.29, 1.82) is 0 Å². The minimum atomic E-state index is -0.980. The summed E-state index contributed by atoms with van der Waals surface area (Å²) in [4.78, 5) is 15.0. The Morgan fingerprint density at radius 1 is 1.35 bits per heavy atom. The van der Waals surface area contributed by atoms with Gasteiger partial charge in [-0.2, -0.15) is 0 Å². The highest BCUT2D eigenvalue weighted by atomic mass is 16.5. The molecule has 1 aromatic carbocycles. The second-order valence-electron chi connectivity index (χ2n) is 3.91. The van der Waals surface area contributed by atoms with Gasteiger partial charge in [0.05, 0.1) is 5.52 Å². The van der Waals surface area contributed by atoms with Crippen LogP contribution in [0.1, 0.15) is 12.6 Å². The maximum Gasteiger partial charge on any atom is 0.344 e. The van der Waals surface area contributed by atoms with Gasteiger partial charge in [-0.15, -0.1) is 0 Å². The van der Waals surface area contributed by atoms with Crippen molar-refractivity contribution in [3.63, 3.8) is 0 Å². The van der Waals surface area contributed by atoms with E-state index in [0.717, 1.165) is 16.6 Å². The Morgan fingerprint density at radius 2 is 2.12 bits per heavy atom. The standard InChI is InChI=1S/C13H13NO3/c1-8-3-4-10-7-11(5-6-12(10)14-8)17-9(2)13(15)16/h3-7,9H,1-2H3,(H,15,16). The second-order valence-corrected chi connectivity index (χ2v) is 3.91. The molecule has 0 aliphatic heterocycles. The Balaban J connectivity index is 2.32. The molecule has 0 saturated heterocycles. The van der Waals surface area contributed by atoms with Crippen molar-refractivity contribution in [2.75, 3.05) is 0 Å². The average molecular weight is 231 g/mol. The Bertz CT molecular complexity index is 566. The summed E-state index contributed by atoms with van der Waals surface area (Å²) in [6.45, 7) is 3.43. The first-order chi connectivity index (χ1) is 8.06. The van der Waals surface area contributed by atoms with Gasteiger partial charge in [-0.05, 0) is 38.1 Å². The lowest BCUT2D eigenvalue weighted by Crippen LogP contribution is -2.22. The third-order valence-corrected chi connectivity index (χ3v) is 2.46. The minimum absolute atomic E-state index is 0.540. The Labute approximate surface area is 98.9 Å². The van der Waals surface area contributed by atoms with Crippen LogP contribution in [0, 0.1) is 6.92 Å². The van der Waals surface area contributed by atoms with Gasteiger partial charge in [0.1, 0.15) is 5.75 Å². The first-order valence-corrected chi connectivity index (χ1v) is 5.33. The molecule has 2 rings (SSSR count). The molecule has 1 N–H and O–H groups in total. The molecule has 1 unspecified atom stereocenters. The topological polar surface area (TPSA) is 59.4 Å². The smallest absolute Gasteiger partial charge is 0.344 e. The summed E-state index contributed by atoms with van der Waals surface area (Å²) in [6, 6.07) is 9.20. The first-order valence-electron chi connectivity index (χ1n) is 5.33. The number of aromatic nitrogens is 1. The number of benzene rings is 1. The van der Waals surface area contributed by atoms with Crippen LogP contribution in [0.25, 0.3) is 10.9 Å². The van der Waals surface area contributed by atoms with Gasteiger partial charge in [0.2, 0.25) is 0 Å². The molecule has 0 saturated carbocycles. The van der Waals surface area contributed by atoms with Gasteiger partial charge in [-0.3, -0.25) is 4.98 Å². The number of carboxylic acid groups (broad SMARTS) is 1. The molecule has 0 bridgehead atoms. The largest absolute Gasteiger partial charge is 0.479 e. The van der Waals surface area contributed by atoms with E-state index in [1.165, 1.54) is 6.92 Å².